The molecule has 0 fully saturated rings. The quantitative estimate of drug-likeness (QED) is 0.737. The van der Waals surface area contributed by atoms with Gasteiger partial charge in [-0.2, -0.15) is 0 Å². The zero-order chi connectivity index (χ0) is 14.8. The van der Waals surface area contributed by atoms with Crippen LogP contribution in [0.4, 0.5) is 0 Å². The third-order valence-corrected chi connectivity index (χ3v) is 3.57. The molecule has 0 saturated heterocycles. The fourth-order valence-corrected chi connectivity index (χ4v) is 2.72. The van der Waals surface area contributed by atoms with Crippen LogP contribution in [0.3, 0.4) is 0 Å². The number of aromatic amines is 1. The first-order valence-corrected chi connectivity index (χ1v) is 7.16. The maximum absolute atomic E-state index is 5.56. The van der Waals surface area contributed by atoms with Crippen LogP contribution in [0.15, 0.2) is 42.5 Å². The van der Waals surface area contributed by atoms with Gasteiger partial charge in [-0.05, 0) is 43.4 Å². The molecule has 0 saturated carbocycles. The highest BCUT2D eigenvalue weighted by Gasteiger charge is 2.10. The van der Waals surface area contributed by atoms with Gasteiger partial charge in [-0.15, -0.1) is 0 Å². The van der Waals surface area contributed by atoms with Crippen LogP contribution in [-0.2, 0) is 0 Å². The van der Waals surface area contributed by atoms with Gasteiger partial charge in [0.25, 0.3) is 0 Å². The van der Waals surface area contributed by atoms with Crippen LogP contribution in [-0.4, -0.2) is 23.3 Å². The number of nitrogens with one attached hydrogen (secondary N) is 1. The molecule has 3 rings (SSSR count). The first-order valence-electron chi connectivity index (χ1n) is 6.75. The van der Waals surface area contributed by atoms with E-state index in [0.717, 1.165) is 28.2 Å². The van der Waals surface area contributed by atoms with E-state index < -0.39 is 0 Å². The molecule has 0 radical (unpaired) electrons. The molecule has 21 heavy (non-hydrogen) atoms. The number of benzene rings is 2. The number of nitrogens with zero attached hydrogens (tertiary/aromatic N) is 1. The van der Waals surface area contributed by atoms with Crippen molar-refractivity contribution in [1.29, 1.82) is 0 Å². The molecule has 4 nitrogen and oxygen atoms in total. The van der Waals surface area contributed by atoms with Gasteiger partial charge in [-0.25, -0.2) is 0 Å². The predicted molar refractivity (Wildman–Crippen MR) is 86.2 cm³/mol. The molecule has 0 bridgehead atoms. The summed E-state index contributed by atoms with van der Waals surface area (Å²) in [5.41, 5.74) is 2.84. The molecule has 0 amide bonds. The lowest BCUT2D eigenvalue weighted by atomic mass is 10.2. The molecule has 0 aliphatic heterocycles. The summed E-state index contributed by atoms with van der Waals surface area (Å²) in [4.78, 5) is 3.21. The van der Waals surface area contributed by atoms with Crippen molar-refractivity contribution < 1.29 is 9.47 Å². The van der Waals surface area contributed by atoms with Crippen molar-refractivity contribution in [1.82, 2.24) is 9.55 Å². The molecule has 108 valence electrons. The summed E-state index contributed by atoms with van der Waals surface area (Å²) in [6.07, 6.45) is 0. The number of hydrogen-bond donors (Lipinski definition) is 1. The molecule has 3 aromatic rings. The largest absolute Gasteiger partial charge is 0.494 e. The van der Waals surface area contributed by atoms with E-state index in [1.807, 2.05) is 54.0 Å². The minimum atomic E-state index is 0.628. The third kappa shape index (κ3) is 2.40. The van der Waals surface area contributed by atoms with Gasteiger partial charge in [0, 0.05) is 6.07 Å². The normalized spacial score (nSPS) is 10.8. The average molecular weight is 300 g/mol. The predicted octanol–water partition coefficient (Wildman–Crippen LogP) is 4.10. The van der Waals surface area contributed by atoms with Crippen LogP contribution in [0.5, 0.6) is 11.5 Å². The smallest absolute Gasteiger partial charge is 0.182 e. The summed E-state index contributed by atoms with van der Waals surface area (Å²) in [6, 6.07) is 13.8. The highest BCUT2D eigenvalue weighted by Crippen LogP contribution is 2.28. The number of imidazole rings is 1. The van der Waals surface area contributed by atoms with Crippen molar-refractivity contribution >= 4 is 23.3 Å². The molecule has 0 aliphatic carbocycles. The van der Waals surface area contributed by atoms with Gasteiger partial charge in [0.05, 0.1) is 24.9 Å². The average Bonchev–Trinajstić information content (AvgIpc) is 2.83. The highest BCUT2D eigenvalue weighted by atomic mass is 32.1. The van der Waals surface area contributed by atoms with Gasteiger partial charge in [0.2, 0.25) is 0 Å². The number of H-pyrrole nitrogens is 1. The Hall–Kier alpha value is -2.27. The number of ether oxygens (including phenoxy) is 2. The number of methoxy groups -OCH3 is 1. The number of fused-ring (bicyclic) bond motifs is 1. The second-order valence-electron chi connectivity index (χ2n) is 4.55. The Kier molecular flexibility index (Phi) is 3.66. The van der Waals surface area contributed by atoms with Crippen LogP contribution in [0, 0.1) is 4.77 Å². The van der Waals surface area contributed by atoms with Crippen molar-refractivity contribution in [3.05, 3.63) is 47.2 Å². The third-order valence-electron chi connectivity index (χ3n) is 3.29. The van der Waals surface area contributed by atoms with Crippen LogP contribution in [0.25, 0.3) is 16.7 Å². The zero-order valence-electron chi connectivity index (χ0n) is 11.9. The van der Waals surface area contributed by atoms with E-state index in [1.54, 1.807) is 7.11 Å². The summed E-state index contributed by atoms with van der Waals surface area (Å²) in [5.74, 6) is 1.60. The van der Waals surface area contributed by atoms with Crippen LogP contribution in [0.2, 0.25) is 0 Å². The Morgan fingerprint density at radius 3 is 2.76 bits per heavy atom. The summed E-state index contributed by atoms with van der Waals surface area (Å²) >= 11 is 5.46. The van der Waals surface area contributed by atoms with Gasteiger partial charge in [-0.1, -0.05) is 12.1 Å². The lowest BCUT2D eigenvalue weighted by molar-refractivity contribution is 0.340. The van der Waals surface area contributed by atoms with Crippen molar-refractivity contribution in [2.75, 3.05) is 13.7 Å². The molecular formula is C16H16N2O2S. The summed E-state index contributed by atoms with van der Waals surface area (Å²) in [6.45, 7) is 2.60. The lowest BCUT2D eigenvalue weighted by Gasteiger charge is -2.08. The molecule has 0 spiro atoms. The Balaban J connectivity index is 2.23. The zero-order valence-corrected chi connectivity index (χ0v) is 12.7. The van der Waals surface area contributed by atoms with Crippen molar-refractivity contribution in [2.24, 2.45) is 0 Å². The Morgan fingerprint density at radius 2 is 2.00 bits per heavy atom. The topological polar surface area (TPSA) is 39.2 Å². The first-order chi connectivity index (χ1) is 10.2. The molecular weight excluding hydrogens is 284 g/mol. The van der Waals surface area contributed by atoms with Crippen LogP contribution in [0.1, 0.15) is 6.92 Å². The second-order valence-corrected chi connectivity index (χ2v) is 4.94. The lowest BCUT2D eigenvalue weighted by Crippen LogP contribution is -1.96. The highest BCUT2D eigenvalue weighted by molar-refractivity contribution is 7.71. The van der Waals surface area contributed by atoms with E-state index in [4.69, 9.17) is 21.7 Å². The number of aromatic nitrogens is 2. The molecule has 0 atom stereocenters. The minimum absolute atomic E-state index is 0.628. The monoisotopic (exact) mass is 300 g/mol. The summed E-state index contributed by atoms with van der Waals surface area (Å²) in [7, 11) is 1.65. The van der Waals surface area contributed by atoms with Gasteiger partial charge in [0.15, 0.2) is 4.77 Å². The van der Waals surface area contributed by atoms with Gasteiger partial charge in [0.1, 0.15) is 17.0 Å². The fourth-order valence-electron chi connectivity index (χ4n) is 2.41. The standard InChI is InChI=1S/C16H16N2O2S/c1-3-20-12-7-4-6-11(10-12)18-13-8-5-9-14(19-2)15(13)17-16(18)21/h4-10H,3H2,1-2H3,(H,17,21). The van der Waals surface area contributed by atoms with E-state index in [2.05, 4.69) is 4.98 Å². The van der Waals surface area contributed by atoms with E-state index >= 15 is 0 Å². The number of para-hydroxylation sites is 1. The van der Waals surface area contributed by atoms with Crippen LogP contribution < -0.4 is 9.47 Å². The van der Waals surface area contributed by atoms with Gasteiger partial charge < -0.3 is 14.5 Å². The molecule has 0 unspecified atom stereocenters. The van der Waals surface area contributed by atoms with Crippen molar-refractivity contribution in [3.63, 3.8) is 0 Å². The first kappa shape index (κ1) is 13.7. The maximum atomic E-state index is 5.56. The van der Waals surface area contributed by atoms with Crippen molar-refractivity contribution in [3.8, 4) is 17.2 Å². The van der Waals surface area contributed by atoms with E-state index in [9.17, 15) is 0 Å². The molecule has 1 N–H and O–H groups in total. The molecule has 2 aromatic carbocycles. The van der Waals surface area contributed by atoms with Gasteiger partial charge >= 0.3 is 0 Å². The number of rotatable bonds is 4. The Labute approximate surface area is 127 Å². The SMILES string of the molecule is CCOc1cccc(-n2c(=S)[nH]c3c(OC)cccc32)c1. The molecule has 0 aliphatic rings. The van der Waals surface area contributed by atoms with E-state index in [0.29, 0.717) is 11.4 Å². The minimum Gasteiger partial charge on any atom is -0.494 e. The maximum Gasteiger partial charge on any atom is 0.182 e. The Morgan fingerprint density at radius 1 is 1.19 bits per heavy atom. The summed E-state index contributed by atoms with van der Waals surface area (Å²) < 4.78 is 13.5. The summed E-state index contributed by atoms with van der Waals surface area (Å²) in [5, 5.41) is 0. The van der Waals surface area contributed by atoms with Crippen molar-refractivity contribution in [2.45, 2.75) is 6.92 Å². The molecule has 1 aromatic heterocycles. The fraction of sp³-hybridized carbons (Fsp3) is 0.188. The van der Waals surface area contributed by atoms with E-state index in [-0.39, 0.29) is 0 Å². The number of hydrogen-bond acceptors (Lipinski definition) is 3. The second kappa shape index (κ2) is 5.61. The molecule has 1 heterocycles. The molecule has 5 heteroatoms. The van der Waals surface area contributed by atoms with Crippen LogP contribution >= 0.6 is 12.2 Å². The van der Waals surface area contributed by atoms with Gasteiger partial charge in [-0.3, -0.25) is 4.57 Å². The Bertz CT molecular complexity index is 836. The van der Waals surface area contributed by atoms with E-state index in [1.165, 1.54) is 0 Å².